The molecular formula is C13H18BrN3O2. The van der Waals surface area contributed by atoms with Gasteiger partial charge in [0.1, 0.15) is 0 Å². The van der Waals surface area contributed by atoms with E-state index >= 15 is 0 Å². The highest BCUT2D eigenvalue weighted by Gasteiger charge is 2.33. The fourth-order valence-corrected chi connectivity index (χ4v) is 2.31. The molecule has 1 aromatic rings. The van der Waals surface area contributed by atoms with Gasteiger partial charge in [-0.15, -0.1) is 0 Å². The van der Waals surface area contributed by atoms with Crippen molar-refractivity contribution in [3.8, 4) is 0 Å². The smallest absolute Gasteiger partial charge is 0.255 e. The zero-order valence-electron chi connectivity index (χ0n) is 11.1. The predicted molar refractivity (Wildman–Crippen MR) is 77.4 cm³/mol. The van der Waals surface area contributed by atoms with Gasteiger partial charge < -0.3 is 14.8 Å². The van der Waals surface area contributed by atoms with Gasteiger partial charge in [0.05, 0.1) is 5.56 Å². The Hall–Kier alpha value is -1.14. The third kappa shape index (κ3) is 3.67. The van der Waals surface area contributed by atoms with Crippen LogP contribution in [0.4, 0.5) is 0 Å². The first kappa shape index (κ1) is 14.3. The van der Waals surface area contributed by atoms with E-state index in [2.05, 4.69) is 25.8 Å². The van der Waals surface area contributed by atoms with Crippen LogP contribution < -0.4 is 5.56 Å². The van der Waals surface area contributed by atoms with E-state index in [1.54, 1.807) is 0 Å². The summed E-state index contributed by atoms with van der Waals surface area (Å²) < 4.78 is 0.632. The van der Waals surface area contributed by atoms with Crippen LogP contribution >= 0.6 is 15.9 Å². The first-order valence-corrected chi connectivity index (χ1v) is 7.12. The number of amides is 1. The first-order valence-electron chi connectivity index (χ1n) is 6.33. The van der Waals surface area contributed by atoms with Gasteiger partial charge in [-0.1, -0.05) is 0 Å². The Bertz CT molecular complexity index is 523. The Morgan fingerprint density at radius 3 is 2.68 bits per heavy atom. The van der Waals surface area contributed by atoms with Crippen LogP contribution in [0, 0.1) is 0 Å². The highest BCUT2D eigenvalue weighted by Crippen LogP contribution is 2.29. The van der Waals surface area contributed by atoms with Gasteiger partial charge in [-0.05, 0) is 42.9 Å². The third-order valence-corrected chi connectivity index (χ3v) is 3.80. The summed E-state index contributed by atoms with van der Waals surface area (Å²) >= 11 is 3.32. The van der Waals surface area contributed by atoms with Crippen LogP contribution in [0.2, 0.25) is 0 Å². The molecule has 1 aliphatic carbocycles. The number of rotatable bonds is 5. The van der Waals surface area contributed by atoms with Crippen LogP contribution in [-0.4, -0.2) is 53.9 Å². The van der Waals surface area contributed by atoms with Crippen LogP contribution in [0.3, 0.4) is 0 Å². The van der Waals surface area contributed by atoms with Crippen molar-refractivity contribution in [1.29, 1.82) is 0 Å². The van der Waals surface area contributed by atoms with E-state index in [1.807, 2.05) is 19.0 Å². The number of carbonyl (C=O) groups is 1. The second-order valence-corrected chi connectivity index (χ2v) is 5.95. The fraction of sp³-hybridized carbons (Fsp3) is 0.538. The summed E-state index contributed by atoms with van der Waals surface area (Å²) in [6, 6.07) is 1.69. The van der Waals surface area contributed by atoms with Gasteiger partial charge in [-0.2, -0.15) is 0 Å². The van der Waals surface area contributed by atoms with Crippen LogP contribution in [0.15, 0.2) is 21.5 Å². The van der Waals surface area contributed by atoms with E-state index in [-0.39, 0.29) is 11.5 Å². The summed E-state index contributed by atoms with van der Waals surface area (Å²) in [7, 11) is 3.97. The molecule has 1 N–H and O–H groups in total. The molecule has 1 aliphatic rings. The SMILES string of the molecule is CN(C)CCN(C(=O)c1cc(=O)[nH]cc1Br)C1CC1. The van der Waals surface area contributed by atoms with Gasteiger partial charge >= 0.3 is 0 Å². The molecule has 5 nitrogen and oxygen atoms in total. The largest absolute Gasteiger partial charge is 0.334 e. The lowest BCUT2D eigenvalue weighted by atomic mass is 10.2. The molecular weight excluding hydrogens is 310 g/mol. The van der Waals surface area contributed by atoms with Gasteiger partial charge in [-0.25, -0.2) is 0 Å². The maximum Gasteiger partial charge on any atom is 0.255 e. The monoisotopic (exact) mass is 327 g/mol. The Balaban J connectivity index is 2.19. The molecule has 0 spiro atoms. The van der Waals surface area contributed by atoms with Gasteiger partial charge in [0.2, 0.25) is 5.56 Å². The molecule has 19 heavy (non-hydrogen) atoms. The number of aromatic amines is 1. The molecule has 2 rings (SSSR count). The first-order chi connectivity index (χ1) is 8.99. The molecule has 6 heteroatoms. The summed E-state index contributed by atoms with van der Waals surface area (Å²) in [6.45, 7) is 1.51. The minimum absolute atomic E-state index is 0.0673. The minimum atomic E-state index is -0.255. The molecule has 0 aliphatic heterocycles. The average molecular weight is 328 g/mol. The number of carbonyl (C=O) groups excluding carboxylic acids is 1. The molecule has 1 amide bonds. The van der Waals surface area contributed by atoms with Gasteiger partial charge in [0.25, 0.3) is 5.91 Å². The summed E-state index contributed by atoms with van der Waals surface area (Å²) in [5.74, 6) is -0.0673. The molecule has 1 heterocycles. The number of likely N-dealkylation sites (N-methyl/N-ethyl adjacent to an activating group) is 1. The van der Waals surface area contributed by atoms with E-state index in [4.69, 9.17) is 0 Å². The molecule has 1 saturated carbocycles. The second kappa shape index (κ2) is 5.88. The van der Waals surface area contributed by atoms with Crippen molar-refractivity contribution in [3.05, 3.63) is 32.7 Å². The van der Waals surface area contributed by atoms with Crippen LogP contribution in [0.5, 0.6) is 0 Å². The number of aromatic nitrogens is 1. The molecule has 0 atom stereocenters. The van der Waals surface area contributed by atoms with Crippen molar-refractivity contribution < 1.29 is 4.79 Å². The van der Waals surface area contributed by atoms with Crippen molar-refractivity contribution in [2.45, 2.75) is 18.9 Å². The number of pyridine rings is 1. The summed E-state index contributed by atoms with van der Waals surface area (Å²) in [6.07, 6.45) is 3.63. The highest BCUT2D eigenvalue weighted by molar-refractivity contribution is 9.10. The van der Waals surface area contributed by atoms with E-state index in [1.165, 1.54) is 12.3 Å². The average Bonchev–Trinajstić information content (AvgIpc) is 3.16. The Kier molecular flexibility index (Phi) is 4.42. The predicted octanol–water partition coefficient (Wildman–Crippen LogP) is 1.30. The molecule has 0 saturated heterocycles. The maximum atomic E-state index is 12.5. The number of hydrogen-bond acceptors (Lipinski definition) is 3. The van der Waals surface area contributed by atoms with Gasteiger partial charge in [-0.3, -0.25) is 9.59 Å². The van der Waals surface area contributed by atoms with Crippen LogP contribution in [0.25, 0.3) is 0 Å². The topological polar surface area (TPSA) is 56.4 Å². The van der Waals surface area contributed by atoms with Crippen molar-refractivity contribution in [2.75, 3.05) is 27.2 Å². The quantitative estimate of drug-likeness (QED) is 0.887. The van der Waals surface area contributed by atoms with E-state index in [0.29, 0.717) is 22.6 Å². The highest BCUT2D eigenvalue weighted by atomic mass is 79.9. The molecule has 0 aromatic carbocycles. The van der Waals surface area contributed by atoms with Crippen molar-refractivity contribution in [3.63, 3.8) is 0 Å². The fourth-order valence-electron chi connectivity index (χ4n) is 1.92. The number of halogens is 1. The van der Waals surface area contributed by atoms with Crippen LogP contribution in [0.1, 0.15) is 23.2 Å². The minimum Gasteiger partial charge on any atom is -0.334 e. The second-order valence-electron chi connectivity index (χ2n) is 5.09. The summed E-state index contributed by atoms with van der Waals surface area (Å²) in [5, 5.41) is 0. The number of nitrogens with one attached hydrogen (secondary N) is 1. The lowest BCUT2D eigenvalue weighted by Crippen LogP contribution is -2.38. The summed E-state index contributed by atoms with van der Waals surface area (Å²) in [5.41, 5.74) is 0.185. The normalized spacial score (nSPS) is 14.7. The zero-order chi connectivity index (χ0) is 14.0. The van der Waals surface area contributed by atoms with Gasteiger partial charge in [0, 0.05) is 35.9 Å². The lowest BCUT2D eigenvalue weighted by Gasteiger charge is -2.24. The van der Waals surface area contributed by atoms with E-state index in [0.717, 1.165) is 19.4 Å². The van der Waals surface area contributed by atoms with Crippen molar-refractivity contribution in [1.82, 2.24) is 14.8 Å². The molecule has 1 fully saturated rings. The Morgan fingerprint density at radius 1 is 1.42 bits per heavy atom. The van der Waals surface area contributed by atoms with Crippen molar-refractivity contribution >= 4 is 21.8 Å². The van der Waals surface area contributed by atoms with E-state index in [9.17, 15) is 9.59 Å². The number of nitrogens with zero attached hydrogens (tertiary/aromatic N) is 2. The molecule has 0 unspecified atom stereocenters. The lowest BCUT2D eigenvalue weighted by molar-refractivity contribution is 0.0730. The molecule has 0 radical (unpaired) electrons. The Morgan fingerprint density at radius 2 is 2.11 bits per heavy atom. The summed E-state index contributed by atoms with van der Waals surface area (Å²) in [4.78, 5) is 30.4. The number of H-pyrrole nitrogens is 1. The standard InChI is InChI=1S/C13H18BrN3O2/c1-16(2)5-6-17(9-3-4-9)13(19)10-7-12(18)15-8-11(10)14/h7-9H,3-6H2,1-2H3,(H,15,18). The molecule has 104 valence electrons. The third-order valence-electron chi connectivity index (χ3n) is 3.14. The zero-order valence-corrected chi connectivity index (χ0v) is 12.7. The van der Waals surface area contributed by atoms with Crippen LogP contribution in [-0.2, 0) is 0 Å². The maximum absolute atomic E-state index is 12.5. The van der Waals surface area contributed by atoms with Gasteiger partial charge in [0.15, 0.2) is 0 Å². The van der Waals surface area contributed by atoms with Crippen molar-refractivity contribution in [2.24, 2.45) is 0 Å². The number of hydrogen-bond donors (Lipinski definition) is 1. The molecule has 0 bridgehead atoms. The van der Waals surface area contributed by atoms with E-state index < -0.39 is 0 Å². The molecule has 1 aromatic heterocycles. The Labute approximate surface area is 120 Å².